The van der Waals surface area contributed by atoms with Crippen molar-refractivity contribution in [3.05, 3.63) is 70.9 Å². The SMILES string of the molecule is C=C(Cn1cnc2c(=O)[nH]c(N)nc21)[C@H](C)OCP(=O)(O)O.C=C(Cn1cnc2c(Cl)nc(N)nc21)[C@H](C)OCP(=O)(O)O.C=C(Cn1cnc2c(N)nc(N)nc21)[C@H](C)OCP(=O)(O)O. The van der Waals surface area contributed by atoms with Gasteiger partial charge in [0.25, 0.3) is 5.56 Å². The zero-order chi connectivity index (χ0) is 49.5. The van der Waals surface area contributed by atoms with Crippen molar-refractivity contribution in [2.45, 2.75) is 58.7 Å². The number of hydrogen-bond acceptors (Lipinski definition) is 19. The molecule has 0 aliphatic heterocycles. The smallest absolute Gasteiger partial charge is 0.351 e. The van der Waals surface area contributed by atoms with Gasteiger partial charge in [0.15, 0.2) is 33.4 Å². The minimum Gasteiger partial charge on any atom is -0.382 e. The Bertz CT molecular complexity index is 2810. The molecule has 15 N–H and O–H groups in total. The number of aromatic nitrogens is 12. The molecule has 0 bridgehead atoms. The highest BCUT2D eigenvalue weighted by Crippen LogP contribution is 2.36. The predicted octanol–water partition coefficient (Wildman–Crippen LogP) is 1.04. The van der Waals surface area contributed by atoms with Crippen LogP contribution in [0, 0.1) is 0 Å². The lowest BCUT2D eigenvalue weighted by Gasteiger charge is -2.17. The Morgan fingerprint density at radius 3 is 1.38 bits per heavy atom. The maximum Gasteiger partial charge on any atom is 0.351 e. The van der Waals surface area contributed by atoms with Gasteiger partial charge in [0.1, 0.15) is 30.1 Å². The number of anilines is 4. The summed E-state index contributed by atoms with van der Waals surface area (Å²) >= 11 is 5.93. The molecule has 360 valence electrons. The first-order chi connectivity index (χ1) is 30.5. The zero-order valence-electron chi connectivity index (χ0n) is 35.3. The Morgan fingerprint density at radius 1 is 0.621 bits per heavy atom. The molecule has 0 fully saturated rings. The molecule has 0 aromatic carbocycles. The van der Waals surface area contributed by atoms with E-state index in [1.807, 2.05) is 0 Å². The molecule has 0 aliphatic rings. The van der Waals surface area contributed by atoms with Crippen molar-refractivity contribution in [1.29, 1.82) is 0 Å². The number of imidazole rings is 3. The van der Waals surface area contributed by atoms with E-state index in [0.717, 1.165) is 0 Å². The van der Waals surface area contributed by atoms with Crippen LogP contribution < -0.4 is 28.5 Å². The van der Waals surface area contributed by atoms with Gasteiger partial charge >= 0.3 is 22.8 Å². The second-order valence-corrected chi connectivity index (χ2v) is 19.3. The quantitative estimate of drug-likeness (QED) is 0.0325. The number of halogens is 1. The first kappa shape index (κ1) is 53.1. The molecule has 33 heteroatoms. The molecule has 0 saturated heterocycles. The van der Waals surface area contributed by atoms with Crippen LogP contribution in [0.3, 0.4) is 0 Å². The second-order valence-electron chi connectivity index (χ2n) is 14.2. The first-order valence-electron chi connectivity index (χ1n) is 18.6. The molecule has 3 atom stereocenters. The molecule has 0 unspecified atom stereocenters. The van der Waals surface area contributed by atoms with Crippen LogP contribution in [0.1, 0.15) is 20.8 Å². The van der Waals surface area contributed by atoms with Crippen molar-refractivity contribution in [3.8, 4) is 0 Å². The van der Waals surface area contributed by atoms with Gasteiger partial charge < -0.3 is 80.2 Å². The number of aromatic amines is 1. The van der Waals surface area contributed by atoms with Gasteiger partial charge in [-0.2, -0.15) is 24.9 Å². The summed E-state index contributed by atoms with van der Waals surface area (Å²) in [4.78, 5) is 98.7. The summed E-state index contributed by atoms with van der Waals surface area (Å²) in [5.41, 5.74) is 25.8. The average Bonchev–Trinajstić information content (AvgIpc) is 3.92. The van der Waals surface area contributed by atoms with Gasteiger partial charge in [0.2, 0.25) is 17.8 Å². The molecular weight excluding hydrogens is 957 g/mol. The minimum absolute atomic E-state index is 0.0238. The van der Waals surface area contributed by atoms with Crippen LogP contribution in [0.2, 0.25) is 5.15 Å². The molecule has 6 aromatic heterocycles. The van der Waals surface area contributed by atoms with Gasteiger partial charge in [0, 0.05) is 19.6 Å². The summed E-state index contributed by atoms with van der Waals surface area (Å²) < 4.78 is 52.5. The van der Waals surface area contributed by atoms with E-state index in [4.69, 9.17) is 78.1 Å². The highest BCUT2D eigenvalue weighted by Gasteiger charge is 2.21. The Labute approximate surface area is 378 Å². The Hall–Kier alpha value is -5.51. The van der Waals surface area contributed by atoms with Crippen molar-refractivity contribution in [2.75, 3.05) is 42.0 Å². The topological polar surface area (TPSA) is 455 Å². The molecule has 0 aliphatic carbocycles. The normalized spacial score (nSPS) is 13.4. The van der Waals surface area contributed by atoms with Gasteiger partial charge in [-0.05, 0) is 37.5 Å². The van der Waals surface area contributed by atoms with E-state index in [-0.39, 0.29) is 54.0 Å². The van der Waals surface area contributed by atoms with E-state index < -0.39 is 65.7 Å². The van der Waals surface area contributed by atoms with Crippen LogP contribution in [0.4, 0.5) is 23.7 Å². The molecule has 0 saturated carbocycles. The standard InChI is InChI=1S/C11H15ClN5O4P.C11H17N6O4P.C11H16N5O5P/c2*1-6(7(2)21-5-22(18,19)20)3-17-4-14-8-9(12)15-11(13)16-10(8)17;1-6(7(2)21-5-22(18,19)20)3-16-4-13-8-9(16)14-11(12)15-10(8)17/h4,7H,1,3,5H2,2H3,(H2,13,15,16)(H2,18,19,20);4,7H,1,3,5H2,2H3,(H2,18,19,20)(H4,12,13,15,16);4,7H,1,3,5H2,2H3,(H2,18,19,20)(H3,12,14,15,17)/t3*7-/m000/s1. The van der Waals surface area contributed by atoms with Gasteiger partial charge in [-0.3, -0.25) is 23.5 Å². The fraction of sp³-hybridized carbons (Fsp3) is 0.364. The van der Waals surface area contributed by atoms with E-state index >= 15 is 0 Å². The lowest BCUT2D eigenvalue weighted by atomic mass is 10.2. The van der Waals surface area contributed by atoms with Crippen LogP contribution in [-0.4, -0.2) is 125 Å². The fourth-order valence-electron chi connectivity index (χ4n) is 5.25. The van der Waals surface area contributed by atoms with Crippen molar-refractivity contribution in [3.63, 3.8) is 0 Å². The number of nitrogens with two attached hydrogens (primary N) is 4. The third kappa shape index (κ3) is 15.6. The summed E-state index contributed by atoms with van der Waals surface area (Å²) in [6.45, 7) is 17.2. The lowest BCUT2D eigenvalue weighted by Crippen LogP contribution is -2.17. The minimum atomic E-state index is -4.24. The summed E-state index contributed by atoms with van der Waals surface area (Å²) in [6, 6.07) is 0. The number of ether oxygens (including phenoxy) is 3. The maximum absolute atomic E-state index is 11.7. The molecule has 29 nitrogen and oxygen atoms in total. The van der Waals surface area contributed by atoms with Gasteiger partial charge in [0.05, 0.1) is 37.3 Å². The number of nitrogen functional groups attached to an aromatic ring is 4. The molecule has 6 aromatic rings. The van der Waals surface area contributed by atoms with Gasteiger partial charge in [-0.1, -0.05) is 31.3 Å². The number of nitrogens with one attached hydrogen (secondary N) is 1. The largest absolute Gasteiger partial charge is 0.382 e. The fourth-order valence-corrected chi connectivity index (χ4v) is 6.72. The zero-order valence-corrected chi connectivity index (χ0v) is 38.8. The van der Waals surface area contributed by atoms with Crippen LogP contribution in [-0.2, 0) is 47.5 Å². The number of hydrogen-bond donors (Lipinski definition) is 11. The van der Waals surface area contributed by atoms with Gasteiger partial charge in [-0.15, -0.1) is 0 Å². The Kier molecular flexibility index (Phi) is 17.6. The van der Waals surface area contributed by atoms with Crippen molar-refractivity contribution in [1.82, 2.24) is 58.6 Å². The number of fused-ring (bicyclic) bond motifs is 3. The summed E-state index contributed by atoms with van der Waals surface area (Å²) in [7, 11) is -12.7. The highest BCUT2D eigenvalue weighted by atomic mass is 35.5. The number of H-pyrrole nitrogens is 1. The van der Waals surface area contributed by atoms with E-state index in [1.165, 1.54) is 19.0 Å². The molecule has 66 heavy (non-hydrogen) atoms. The third-order valence-electron chi connectivity index (χ3n) is 8.76. The van der Waals surface area contributed by atoms with Crippen molar-refractivity contribution >= 4 is 91.5 Å². The average molecular weight is 1010 g/mol. The molecule has 6 rings (SSSR count). The monoisotopic (exact) mass is 1000 g/mol. The van der Waals surface area contributed by atoms with E-state index in [9.17, 15) is 18.5 Å². The molecule has 0 radical (unpaired) electrons. The Morgan fingerprint density at radius 2 is 0.970 bits per heavy atom. The number of nitrogens with zero attached hydrogens (tertiary/aromatic N) is 11. The van der Waals surface area contributed by atoms with Crippen LogP contribution >= 0.6 is 34.4 Å². The third-order valence-corrected chi connectivity index (χ3v) is 10.5. The highest BCUT2D eigenvalue weighted by molar-refractivity contribution is 7.52. The van der Waals surface area contributed by atoms with Crippen molar-refractivity contribution < 1.29 is 57.3 Å². The van der Waals surface area contributed by atoms with Crippen molar-refractivity contribution in [2.24, 2.45) is 0 Å². The second kappa shape index (κ2) is 21.9. The maximum atomic E-state index is 11.7. The van der Waals surface area contributed by atoms with E-state index in [0.29, 0.717) is 44.7 Å². The van der Waals surface area contributed by atoms with E-state index in [2.05, 4.69) is 64.6 Å². The van der Waals surface area contributed by atoms with E-state index in [1.54, 1.807) is 34.5 Å². The summed E-state index contributed by atoms with van der Waals surface area (Å²) in [5, 5.41) is 0.151. The van der Waals surface area contributed by atoms with Crippen LogP contribution in [0.15, 0.2) is 60.2 Å². The number of rotatable bonds is 18. The molecule has 0 amide bonds. The van der Waals surface area contributed by atoms with Gasteiger partial charge in [-0.25, -0.2) is 15.0 Å². The predicted molar refractivity (Wildman–Crippen MR) is 241 cm³/mol. The molecule has 0 spiro atoms. The lowest BCUT2D eigenvalue weighted by molar-refractivity contribution is 0.110. The molecular formula is C33H48ClN16O13P3. The van der Waals surface area contributed by atoms with Crippen LogP contribution in [0.25, 0.3) is 33.5 Å². The summed E-state index contributed by atoms with van der Waals surface area (Å²) in [5.74, 6) is 0.201. The Balaban J connectivity index is 0.000000216. The first-order valence-corrected chi connectivity index (χ1v) is 24.4. The summed E-state index contributed by atoms with van der Waals surface area (Å²) in [6.07, 6.45) is 0.696. The molecule has 6 heterocycles. The van der Waals surface area contributed by atoms with Crippen LogP contribution in [0.5, 0.6) is 0 Å².